The van der Waals surface area contributed by atoms with Crippen molar-refractivity contribution in [2.45, 2.75) is 44.9 Å². The lowest BCUT2D eigenvalue weighted by atomic mass is 9.56. The van der Waals surface area contributed by atoms with Gasteiger partial charge < -0.3 is 5.11 Å². The van der Waals surface area contributed by atoms with E-state index in [4.69, 9.17) is 4.98 Å². The summed E-state index contributed by atoms with van der Waals surface area (Å²) in [5.41, 5.74) is 3.26. The molecule has 1 saturated carbocycles. The first-order valence-electron chi connectivity index (χ1n) is 9.20. The number of fused-ring (bicyclic) bond motifs is 2. The molecule has 3 aliphatic carbocycles. The maximum absolute atomic E-state index is 10.7. The summed E-state index contributed by atoms with van der Waals surface area (Å²) in [6.45, 7) is 4.35. The minimum Gasteiger partial charge on any atom is -0.511 e. The van der Waals surface area contributed by atoms with Crippen LogP contribution in [-0.2, 0) is 11.8 Å². The summed E-state index contributed by atoms with van der Waals surface area (Å²) in [4.78, 5) is 9.61. The lowest BCUT2D eigenvalue weighted by Crippen LogP contribution is -2.46. The van der Waals surface area contributed by atoms with Crippen molar-refractivity contribution < 1.29 is 5.11 Å². The highest BCUT2D eigenvalue weighted by Gasteiger charge is 2.77. The molecule has 130 valence electrons. The average molecular weight is 343 g/mol. The van der Waals surface area contributed by atoms with Crippen LogP contribution in [0.25, 0.3) is 11.4 Å². The molecule has 1 aromatic carbocycles. The van der Waals surface area contributed by atoms with Gasteiger partial charge in [0.05, 0.1) is 17.3 Å². The number of allylic oxidation sites excluding steroid dienone is 2. The molecule has 1 aromatic heterocycles. The third-order valence-corrected chi connectivity index (χ3v) is 7.36. The predicted molar refractivity (Wildman–Crippen MR) is 98.2 cm³/mol. The Labute approximate surface area is 153 Å². The van der Waals surface area contributed by atoms with Crippen molar-refractivity contribution >= 4 is 0 Å². The second-order valence-corrected chi connectivity index (χ2v) is 8.47. The van der Waals surface area contributed by atoms with Gasteiger partial charge in [-0.25, -0.2) is 9.97 Å². The van der Waals surface area contributed by atoms with Crippen molar-refractivity contribution in [3.05, 3.63) is 59.1 Å². The van der Waals surface area contributed by atoms with Gasteiger partial charge in [-0.2, -0.15) is 5.26 Å². The molecule has 4 nitrogen and oxygen atoms in total. The molecule has 5 rings (SSSR count). The molecule has 0 aliphatic heterocycles. The van der Waals surface area contributed by atoms with Crippen LogP contribution in [0.15, 0.2) is 47.9 Å². The van der Waals surface area contributed by atoms with Crippen molar-refractivity contribution in [2.24, 2.45) is 10.8 Å². The molecule has 0 saturated heterocycles. The molecule has 4 heteroatoms. The van der Waals surface area contributed by atoms with Gasteiger partial charge in [-0.3, -0.25) is 0 Å². The standard InChI is InChI=1S/C22H21N3O/c1-20-10-16(11-23)18(26)21(2)13-22(20,21)9-8-15-12-24-19(25-17(15)20)14-6-4-3-5-7-14/h3-7,12,26H,8-10,13H2,1-2H3/t20-,21?,22+/m1/s1. The summed E-state index contributed by atoms with van der Waals surface area (Å²) in [7, 11) is 0. The average Bonchev–Trinajstić information content (AvgIpc) is 3.31. The number of rotatable bonds is 1. The molecule has 2 aromatic rings. The molecular formula is C22H21N3O. The van der Waals surface area contributed by atoms with E-state index in [1.165, 1.54) is 5.56 Å². The van der Waals surface area contributed by atoms with E-state index in [1.807, 2.05) is 36.5 Å². The summed E-state index contributed by atoms with van der Waals surface area (Å²) in [6, 6.07) is 12.3. The molecule has 1 fully saturated rings. The van der Waals surface area contributed by atoms with E-state index in [0.717, 1.165) is 36.3 Å². The Morgan fingerprint density at radius 3 is 2.65 bits per heavy atom. The van der Waals surface area contributed by atoms with Crippen molar-refractivity contribution in [2.75, 3.05) is 0 Å². The van der Waals surface area contributed by atoms with Crippen molar-refractivity contribution in [1.29, 1.82) is 5.26 Å². The Bertz CT molecular complexity index is 1010. The second kappa shape index (κ2) is 4.73. The van der Waals surface area contributed by atoms with Crippen molar-refractivity contribution in [3.63, 3.8) is 0 Å². The minimum atomic E-state index is -0.291. The Balaban J connectivity index is 1.71. The first kappa shape index (κ1) is 15.6. The van der Waals surface area contributed by atoms with E-state index in [9.17, 15) is 10.4 Å². The number of aliphatic hydroxyl groups excluding tert-OH is 1. The third-order valence-electron chi connectivity index (χ3n) is 7.36. The van der Waals surface area contributed by atoms with Gasteiger partial charge >= 0.3 is 0 Å². The monoisotopic (exact) mass is 343 g/mol. The van der Waals surface area contributed by atoms with E-state index in [0.29, 0.717) is 17.8 Å². The predicted octanol–water partition coefficient (Wildman–Crippen LogP) is 4.48. The van der Waals surface area contributed by atoms with Gasteiger partial charge in [0.1, 0.15) is 5.76 Å². The van der Waals surface area contributed by atoms with E-state index in [2.05, 4.69) is 24.9 Å². The van der Waals surface area contributed by atoms with Crippen LogP contribution in [0, 0.1) is 22.2 Å². The molecule has 0 amide bonds. The highest BCUT2D eigenvalue weighted by atomic mass is 16.3. The van der Waals surface area contributed by atoms with Crippen LogP contribution in [0.1, 0.15) is 44.4 Å². The van der Waals surface area contributed by atoms with Gasteiger partial charge in [-0.05, 0) is 36.7 Å². The fourth-order valence-electron chi connectivity index (χ4n) is 5.80. The number of aromatic nitrogens is 2. The summed E-state index contributed by atoms with van der Waals surface area (Å²) < 4.78 is 0. The number of nitriles is 1. The smallest absolute Gasteiger partial charge is 0.159 e. The van der Waals surface area contributed by atoms with Crippen LogP contribution in [-0.4, -0.2) is 15.1 Å². The summed E-state index contributed by atoms with van der Waals surface area (Å²) in [5, 5.41) is 20.3. The van der Waals surface area contributed by atoms with Gasteiger partial charge in [-0.1, -0.05) is 44.2 Å². The summed E-state index contributed by atoms with van der Waals surface area (Å²) in [5.74, 6) is 1.06. The maximum atomic E-state index is 10.7. The first-order chi connectivity index (χ1) is 12.5. The highest BCUT2D eigenvalue weighted by molar-refractivity contribution is 5.57. The molecule has 3 aliphatic rings. The molecule has 3 atom stereocenters. The first-order valence-corrected chi connectivity index (χ1v) is 9.20. The van der Waals surface area contributed by atoms with Gasteiger partial charge in [-0.15, -0.1) is 0 Å². The van der Waals surface area contributed by atoms with Crippen molar-refractivity contribution in [3.8, 4) is 17.5 Å². The van der Waals surface area contributed by atoms with Crippen LogP contribution in [0.4, 0.5) is 0 Å². The Hall–Kier alpha value is -2.67. The van der Waals surface area contributed by atoms with Crippen LogP contribution < -0.4 is 0 Å². The lowest BCUT2D eigenvalue weighted by molar-refractivity contribution is 0.130. The lowest BCUT2D eigenvalue weighted by Gasteiger charge is -2.48. The van der Waals surface area contributed by atoms with E-state index in [-0.39, 0.29) is 16.2 Å². The van der Waals surface area contributed by atoms with Gasteiger partial charge in [0.25, 0.3) is 0 Å². The normalized spacial score (nSPS) is 34.3. The summed E-state index contributed by atoms with van der Waals surface area (Å²) >= 11 is 0. The summed E-state index contributed by atoms with van der Waals surface area (Å²) in [6.07, 6.45) is 5.40. The zero-order chi connectivity index (χ0) is 18.2. The Kier molecular flexibility index (Phi) is 2.84. The molecule has 0 radical (unpaired) electrons. The topological polar surface area (TPSA) is 69.8 Å². The number of nitrogens with zero attached hydrogens (tertiary/aromatic N) is 3. The van der Waals surface area contributed by atoms with E-state index < -0.39 is 0 Å². The number of hydrogen-bond donors (Lipinski definition) is 1. The zero-order valence-electron chi connectivity index (χ0n) is 15.1. The third kappa shape index (κ3) is 1.64. The molecule has 1 N–H and O–H groups in total. The van der Waals surface area contributed by atoms with Crippen molar-refractivity contribution in [1.82, 2.24) is 9.97 Å². The molecule has 1 unspecified atom stereocenters. The zero-order valence-corrected chi connectivity index (χ0v) is 15.1. The second-order valence-electron chi connectivity index (χ2n) is 8.47. The largest absolute Gasteiger partial charge is 0.511 e. The SMILES string of the molecule is CC12C[C@]13CCc1cnc(-c4ccccc4)nc1[C@@]3(C)CC(C#N)=C2O. The fourth-order valence-corrected chi connectivity index (χ4v) is 5.80. The number of benzene rings is 1. The van der Waals surface area contributed by atoms with E-state index in [1.54, 1.807) is 0 Å². The van der Waals surface area contributed by atoms with Gasteiger partial charge in [0.2, 0.25) is 0 Å². The number of hydrogen-bond acceptors (Lipinski definition) is 4. The molecule has 0 bridgehead atoms. The Morgan fingerprint density at radius 2 is 1.92 bits per heavy atom. The number of aryl methyl sites for hydroxylation is 1. The van der Waals surface area contributed by atoms with Crippen LogP contribution in [0.5, 0.6) is 0 Å². The van der Waals surface area contributed by atoms with E-state index >= 15 is 0 Å². The quantitative estimate of drug-likeness (QED) is 0.828. The van der Waals surface area contributed by atoms with Crippen LogP contribution >= 0.6 is 0 Å². The van der Waals surface area contributed by atoms with Crippen LogP contribution in [0.3, 0.4) is 0 Å². The maximum Gasteiger partial charge on any atom is 0.159 e. The molecule has 1 heterocycles. The molecule has 26 heavy (non-hydrogen) atoms. The molecule has 1 spiro atoms. The van der Waals surface area contributed by atoms with Gasteiger partial charge in [0, 0.05) is 22.6 Å². The number of aliphatic hydroxyl groups is 1. The highest BCUT2D eigenvalue weighted by Crippen LogP contribution is 2.81. The fraction of sp³-hybridized carbons (Fsp3) is 0.409. The Morgan fingerprint density at radius 1 is 1.15 bits per heavy atom. The minimum absolute atomic E-state index is 0.000253. The van der Waals surface area contributed by atoms with Gasteiger partial charge in [0.15, 0.2) is 5.82 Å². The van der Waals surface area contributed by atoms with Crippen LogP contribution in [0.2, 0.25) is 0 Å². The molecular weight excluding hydrogens is 322 g/mol.